The molecule has 6 heteroatoms. The minimum Gasteiger partial charge on any atom is -0.395 e. The summed E-state index contributed by atoms with van der Waals surface area (Å²) in [5.41, 5.74) is 0. The molecular formula is C7H14F3NO2. The Morgan fingerprint density at radius 3 is 2.46 bits per heavy atom. The third-order valence-corrected chi connectivity index (χ3v) is 1.51. The molecular weight excluding hydrogens is 187 g/mol. The number of aliphatic hydroxyl groups is 1. The summed E-state index contributed by atoms with van der Waals surface area (Å²) >= 11 is 0. The van der Waals surface area contributed by atoms with Gasteiger partial charge in [0.25, 0.3) is 0 Å². The predicted octanol–water partition coefficient (Wildman–Crippen LogP) is 0.536. The summed E-state index contributed by atoms with van der Waals surface area (Å²) in [6.45, 7) is -1.34. The van der Waals surface area contributed by atoms with Crippen molar-refractivity contribution >= 4 is 0 Å². The number of rotatable bonds is 6. The van der Waals surface area contributed by atoms with Crippen LogP contribution in [0, 0.1) is 0 Å². The number of aliphatic hydroxyl groups excluding tert-OH is 1. The first-order valence-corrected chi connectivity index (χ1v) is 3.92. The van der Waals surface area contributed by atoms with Gasteiger partial charge in [-0.15, -0.1) is 0 Å². The minimum absolute atomic E-state index is 0.00836. The molecule has 0 aliphatic carbocycles. The Morgan fingerprint density at radius 1 is 1.46 bits per heavy atom. The molecule has 2 N–H and O–H groups in total. The van der Waals surface area contributed by atoms with Crippen LogP contribution in [-0.2, 0) is 4.74 Å². The standard InChI is InChI=1S/C7H14F3NO2/c1-11-6(4-12)2-3-13-5-7(8,9)10/h6,11-12H,2-5H2,1H3. The number of ether oxygens (including phenoxy) is 1. The van der Waals surface area contributed by atoms with Crippen LogP contribution in [0.4, 0.5) is 13.2 Å². The number of likely N-dealkylation sites (N-methyl/N-ethyl adjacent to an activating group) is 1. The van der Waals surface area contributed by atoms with Crippen molar-refractivity contribution in [3.8, 4) is 0 Å². The van der Waals surface area contributed by atoms with Crippen molar-refractivity contribution < 1.29 is 23.0 Å². The van der Waals surface area contributed by atoms with Gasteiger partial charge in [0.15, 0.2) is 0 Å². The Labute approximate surface area is 74.9 Å². The molecule has 0 fully saturated rings. The second-order valence-corrected chi connectivity index (χ2v) is 2.62. The van der Waals surface area contributed by atoms with Gasteiger partial charge >= 0.3 is 6.18 Å². The maximum Gasteiger partial charge on any atom is 0.411 e. The molecule has 0 spiro atoms. The third kappa shape index (κ3) is 8.01. The summed E-state index contributed by atoms with van der Waals surface area (Å²) in [6.07, 6.45) is -3.91. The van der Waals surface area contributed by atoms with Crippen molar-refractivity contribution in [2.45, 2.75) is 18.6 Å². The van der Waals surface area contributed by atoms with Crippen molar-refractivity contribution in [1.29, 1.82) is 0 Å². The smallest absolute Gasteiger partial charge is 0.395 e. The maximum absolute atomic E-state index is 11.6. The second-order valence-electron chi connectivity index (χ2n) is 2.62. The van der Waals surface area contributed by atoms with Crippen LogP contribution in [0.1, 0.15) is 6.42 Å². The molecule has 0 aliphatic rings. The van der Waals surface area contributed by atoms with Gasteiger partial charge in [0.1, 0.15) is 6.61 Å². The summed E-state index contributed by atoms with van der Waals surface area (Å²) in [4.78, 5) is 0. The highest BCUT2D eigenvalue weighted by Crippen LogP contribution is 2.14. The number of nitrogens with one attached hydrogen (secondary N) is 1. The Kier molecular flexibility index (Phi) is 6.02. The average molecular weight is 201 g/mol. The lowest BCUT2D eigenvalue weighted by atomic mass is 10.2. The molecule has 0 bridgehead atoms. The minimum atomic E-state index is -4.27. The summed E-state index contributed by atoms with van der Waals surface area (Å²) in [6, 6.07) is -0.201. The average Bonchev–Trinajstić information content (AvgIpc) is 2.03. The van der Waals surface area contributed by atoms with Crippen molar-refractivity contribution in [3.05, 3.63) is 0 Å². The van der Waals surface area contributed by atoms with Crippen LogP contribution in [0.5, 0.6) is 0 Å². The second kappa shape index (κ2) is 6.17. The predicted molar refractivity (Wildman–Crippen MR) is 41.4 cm³/mol. The lowest BCUT2D eigenvalue weighted by Gasteiger charge is -2.13. The molecule has 0 aromatic heterocycles. The molecule has 0 heterocycles. The molecule has 1 unspecified atom stereocenters. The molecule has 0 aromatic carbocycles. The van der Waals surface area contributed by atoms with Crippen LogP contribution in [0.15, 0.2) is 0 Å². The van der Waals surface area contributed by atoms with Gasteiger partial charge < -0.3 is 15.2 Å². The maximum atomic E-state index is 11.6. The molecule has 1 atom stereocenters. The summed E-state index contributed by atoms with van der Waals surface area (Å²) in [5.74, 6) is 0. The Bertz CT molecular complexity index is 125. The van der Waals surface area contributed by atoms with Crippen LogP contribution in [0.3, 0.4) is 0 Å². The zero-order chi connectivity index (χ0) is 10.3. The summed E-state index contributed by atoms with van der Waals surface area (Å²) in [7, 11) is 1.63. The molecule has 13 heavy (non-hydrogen) atoms. The molecule has 0 amide bonds. The molecule has 0 radical (unpaired) electrons. The zero-order valence-corrected chi connectivity index (χ0v) is 7.40. The fourth-order valence-electron chi connectivity index (χ4n) is 0.740. The monoisotopic (exact) mass is 201 g/mol. The highest BCUT2D eigenvalue weighted by molar-refractivity contribution is 4.61. The van der Waals surface area contributed by atoms with E-state index in [0.29, 0.717) is 6.42 Å². The lowest BCUT2D eigenvalue weighted by molar-refractivity contribution is -0.174. The zero-order valence-electron chi connectivity index (χ0n) is 7.40. The fourth-order valence-corrected chi connectivity index (χ4v) is 0.740. The number of hydrogen-bond donors (Lipinski definition) is 2. The van der Waals surface area contributed by atoms with Crippen LogP contribution in [-0.4, -0.2) is 44.2 Å². The molecule has 0 aromatic rings. The molecule has 0 rings (SSSR count). The van der Waals surface area contributed by atoms with Gasteiger partial charge in [0.05, 0.1) is 6.61 Å². The molecule has 80 valence electrons. The first-order valence-electron chi connectivity index (χ1n) is 3.92. The Hall–Kier alpha value is -0.330. The van der Waals surface area contributed by atoms with Gasteiger partial charge in [-0.1, -0.05) is 0 Å². The van der Waals surface area contributed by atoms with Crippen molar-refractivity contribution in [1.82, 2.24) is 5.32 Å². The van der Waals surface area contributed by atoms with Crippen LogP contribution in [0.25, 0.3) is 0 Å². The van der Waals surface area contributed by atoms with Gasteiger partial charge in [0.2, 0.25) is 0 Å². The highest BCUT2D eigenvalue weighted by Gasteiger charge is 2.27. The number of alkyl halides is 3. The number of halogens is 3. The van der Waals surface area contributed by atoms with Gasteiger partial charge in [-0.05, 0) is 13.5 Å². The van der Waals surface area contributed by atoms with E-state index in [-0.39, 0.29) is 19.3 Å². The normalized spacial score (nSPS) is 14.5. The topological polar surface area (TPSA) is 41.5 Å². The van der Waals surface area contributed by atoms with E-state index in [1.165, 1.54) is 0 Å². The summed E-state index contributed by atoms with van der Waals surface area (Å²) in [5, 5.41) is 11.4. The largest absolute Gasteiger partial charge is 0.411 e. The van der Waals surface area contributed by atoms with Crippen LogP contribution < -0.4 is 5.32 Å². The Morgan fingerprint density at radius 2 is 2.08 bits per heavy atom. The van der Waals surface area contributed by atoms with Gasteiger partial charge in [0, 0.05) is 12.6 Å². The van der Waals surface area contributed by atoms with Gasteiger partial charge in [-0.2, -0.15) is 13.2 Å². The van der Waals surface area contributed by atoms with Crippen molar-refractivity contribution in [2.24, 2.45) is 0 Å². The third-order valence-electron chi connectivity index (χ3n) is 1.51. The summed E-state index contributed by atoms with van der Waals surface area (Å²) < 4.78 is 39.0. The van der Waals surface area contributed by atoms with Crippen LogP contribution in [0.2, 0.25) is 0 Å². The van der Waals surface area contributed by atoms with E-state index in [9.17, 15) is 13.2 Å². The van der Waals surface area contributed by atoms with E-state index in [1.807, 2.05) is 0 Å². The van der Waals surface area contributed by atoms with E-state index in [0.717, 1.165) is 0 Å². The van der Waals surface area contributed by atoms with Crippen molar-refractivity contribution in [3.63, 3.8) is 0 Å². The van der Waals surface area contributed by atoms with Crippen LogP contribution >= 0.6 is 0 Å². The number of hydrogen-bond acceptors (Lipinski definition) is 3. The van der Waals surface area contributed by atoms with Gasteiger partial charge in [-0.3, -0.25) is 0 Å². The van der Waals surface area contributed by atoms with E-state index in [1.54, 1.807) is 7.05 Å². The van der Waals surface area contributed by atoms with E-state index in [4.69, 9.17) is 5.11 Å². The first-order chi connectivity index (χ1) is 5.99. The fraction of sp³-hybridized carbons (Fsp3) is 1.00. The van der Waals surface area contributed by atoms with Gasteiger partial charge in [-0.25, -0.2) is 0 Å². The molecule has 3 nitrogen and oxygen atoms in total. The lowest BCUT2D eigenvalue weighted by Crippen LogP contribution is -2.30. The van der Waals surface area contributed by atoms with E-state index < -0.39 is 12.8 Å². The molecule has 0 saturated carbocycles. The molecule has 0 saturated heterocycles. The van der Waals surface area contributed by atoms with E-state index in [2.05, 4.69) is 10.1 Å². The molecule has 0 aliphatic heterocycles. The highest BCUT2D eigenvalue weighted by atomic mass is 19.4. The SMILES string of the molecule is CNC(CO)CCOCC(F)(F)F. The first kappa shape index (κ1) is 12.7. The van der Waals surface area contributed by atoms with E-state index >= 15 is 0 Å². The quantitative estimate of drug-likeness (QED) is 0.616. The Balaban J connectivity index is 3.34. The van der Waals surface area contributed by atoms with Crippen molar-refractivity contribution in [2.75, 3.05) is 26.9 Å².